The van der Waals surface area contributed by atoms with E-state index >= 15 is 0 Å². The average Bonchev–Trinajstić information content (AvgIpc) is 3.23. The molecule has 2 aliphatic rings. The van der Waals surface area contributed by atoms with Crippen molar-refractivity contribution in [3.63, 3.8) is 0 Å². The highest BCUT2D eigenvalue weighted by Crippen LogP contribution is 2.33. The lowest BCUT2D eigenvalue weighted by atomic mass is 9.98. The van der Waals surface area contributed by atoms with Gasteiger partial charge in [0.1, 0.15) is 0 Å². The van der Waals surface area contributed by atoms with Crippen molar-refractivity contribution in [2.45, 2.75) is 25.2 Å². The maximum atomic E-state index is 5.42. The van der Waals surface area contributed by atoms with Crippen LogP contribution in [0.1, 0.15) is 29.6 Å². The first-order valence-electron chi connectivity index (χ1n) is 7.60. The SMILES string of the molecule is c1ccc2c(c1)NCC2Cc1nc(CC2CCOC2)no1. The third-order valence-electron chi connectivity index (χ3n) is 4.37. The minimum Gasteiger partial charge on any atom is -0.384 e. The summed E-state index contributed by atoms with van der Waals surface area (Å²) in [6.07, 6.45) is 2.77. The molecule has 2 aliphatic heterocycles. The van der Waals surface area contributed by atoms with Crippen molar-refractivity contribution < 1.29 is 9.26 Å². The minimum atomic E-state index is 0.421. The van der Waals surface area contributed by atoms with Crippen molar-refractivity contribution in [2.24, 2.45) is 5.92 Å². The smallest absolute Gasteiger partial charge is 0.227 e. The Hall–Kier alpha value is -1.88. The van der Waals surface area contributed by atoms with Gasteiger partial charge in [0.15, 0.2) is 5.82 Å². The Balaban J connectivity index is 1.42. The standard InChI is InChI=1S/C16H19N3O2/c1-2-4-14-13(3-1)12(9-17-14)8-16-18-15(19-21-16)7-11-5-6-20-10-11/h1-4,11-12,17H,5-10H2. The van der Waals surface area contributed by atoms with E-state index in [0.29, 0.717) is 11.8 Å². The molecule has 1 N–H and O–H groups in total. The van der Waals surface area contributed by atoms with Crippen LogP contribution in [0.4, 0.5) is 5.69 Å². The highest BCUT2D eigenvalue weighted by atomic mass is 16.5. The summed E-state index contributed by atoms with van der Waals surface area (Å²) in [7, 11) is 0. The number of ether oxygens (including phenoxy) is 1. The normalized spacial score (nSPS) is 24.0. The van der Waals surface area contributed by atoms with E-state index in [9.17, 15) is 0 Å². The number of benzene rings is 1. The lowest BCUT2D eigenvalue weighted by Gasteiger charge is -2.06. The monoisotopic (exact) mass is 285 g/mol. The summed E-state index contributed by atoms with van der Waals surface area (Å²) in [6, 6.07) is 8.43. The van der Waals surface area contributed by atoms with Gasteiger partial charge in [-0.15, -0.1) is 0 Å². The maximum Gasteiger partial charge on any atom is 0.227 e. The van der Waals surface area contributed by atoms with Crippen LogP contribution in [0.5, 0.6) is 0 Å². The molecule has 4 rings (SSSR count). The number of aromatic nitrogens is 2. The molecule has 21 heavy (non-hydrogen) atoms. The first-order valence-corrected chi connectivity index (χ1v) is 7.60. The van der Waals surface area contributed by atoms with Crippen molar-refractivity contribution in [3.8, 4) is 0 Å². The van der Waals surface area contributed by atoms with Gasteiger partial charge in [0.2, 0.25) is 5.89 Å². The molecule has 0 saturated carbocycles. The zero-order chi connectivity index (χ0) is 14.1. The van der Waals surface area contributed by atoms with Crippen LogP contribution in [0, 0.1) is 5.92 Å². The second kappa shape index (κ2) is 5.48. The number of nitrogens with one attached hydrogen (secondary N) is 1. The summed E-state index contributed by atoms with van der Waals surface area (Å²) in [5.74, 6) is 2.53. The molecule has 1 saturated heterocycles. The van der Waals surface area contributed by atoms with E-state index in [-0.39, 0.29) is 0 Å². The summed E-state index contributed by atoms with van der Waals surface area (Å²) in [6.45, 7) is 2.62. The van der Waals surface area contributed by atoms with Crippen LogP contribution in [0.2, 0.25) is 0 Å². The molecular weight excluding hydrogens is 266 g/mol. The van der Waals surface area contributed by atoms with E-state index in [1.54, 1.807) is 0 Å². The van der Waals surface area contributed by atoms with Gasteiger partial charge in [0, 0.05) is 44.2 Å². The number of nitrogens with zero attached hydrogens (tertiary/aromatic N) is 2. The molecule has 0 bridgehead atoms. The number of fused-ring (bicyclic) bond motifs is 1. The summed E-state index contributed by atoms with van der Waals surface area (Å²) in [5, 5.41) is 7.55. The van der Waals surface area contributed by atoms with Crippen molar-refractivity contribution >= 4 is 5.69 Å². The van der Waals surface area contributed by atoms with E-state index in [2.05, 4.69) is 39.7 Å². The summed E-state index contributed by atoms with van der Waals surface area (Å²) < 4.78 is 10.8. The van der Waals surface area contributed by atoms with E-state index in [1.165, 1.54) is 11.3 Å². The van der Waals surface area contributed by atoms with Crippen molar-refractivity contribution in [1.82, 2.24) is 10.1 Å². The lowest BCUT2D eigenvalue weighted by molar-refractivity contribution is 0.185. The first kappa shape index (κ1) is 12.8. The maximum absolute atomic E-state index is 5.42. The Morgan fingerprint density at radius 3 is 3.10 bits per heavy atom. The van der Waals surface area contributed by atoms with E-state index < -0.39 is 0 Å². The zero-order valence-electron chi connectivity index (χ0n) is 11.9. The number of rotatable bonds is 4. The molecule has 5 nitrogen and oxygen atoms in total. The average molecular weight is 285 g/mol. The zero-order valence-corrected chi connectivity index (χ0v) is 11.9. The molecule has 0 amide bonds. The van der Waals surface area contributed by atoms with Crippen LogP contribution in [-0.4, -0.2) is 29.9 Å². The fraction of sp³-hybridized carbons (Fsp3) is 0.500. The molecule has 0 aliphatic carbocycles. The molecule has 3 heterocycles. The van der Waals surface area contributed by atoms with Crippen LogP contribution in [0.3, 0.4) is 0 Å². The molecular formula is C16H19N3O2. The number of hydrogen-bond donors (Lipinski definition) is 1. The summed E-state index contributed by atoms with van der Waals surface area (Å²) >= 11 is 0. The predicted molar refractivity (Wildman–Crippen MR) is 78.3 cm³/mol. The number of anilines is 1. The van der Waals surface area contributed by atoms with Crippen molar-refractivity contribution in [2.75, 3.05) is 25.1 Å². The first-order chi connectivity index (χ1) is 10.4. The quantitative estimate of drug-likeness (QED) is 0.934. The van der Waals surface area contributed by atoms with Crippen LogP contribution in [0.25, 0.3) is 0 Å². The van der Waals surface area contributed by atoms with Gasteiger partial charge in [-0.25, -0.2) is 0 Å². The highest BCUT2D eigenvalue weighted by molar-refractivity contribution is 5.57. The molecule has 2 atom stereocenters. The molecule has 1 aromatic heterocycles. The Morgan fingerprint density at radius 1 is 1.24 bits per heavy atom. The largest absolute Gasteiger partial charge is 0.384 e. The minimum absolute atomic E-state index is 0.421. The fourth-order valence-electron chi connectivity index (χ4n) is 3.21. The molecule has 5 heteroatoms. The van der Waals surface area contributed by atoms with Gasteiger partial charge in [-0.1, -0.05) is 23.4 Å². The van der Waals surface area contributed by atoms with Gasteiger partial charge in [0.25, 0.3) is 0 Å². The molecule has 1 aromatic carbocycles. The molecule has 0 radical (unpaired) electrons. The second-order valence-electron chi connectivity index (χ2n) is 5.91. The van der Waals surface area contributed by atoms with Gasteiger partial charge >= 0.3 is 0 Å². The van der Waals surface area contributed by atoms with E-state index in [4.69, 9.17) is 9.26 Å². The molecule has 1 fully saturated rings. The van der Waals surface area contributed by atoms with Gasteiger partial charge in [-0.3, -0.25) is 0 Å². The lowest BCUT2D eigenvalue weighted by Crippen LogP contribution is -2.07. The van der Waals surface area contributed by atoms with Crippen LogP contribution in [0.15, 0.2) is 28.8 Å². The summed E-state index contributed by atoms with van der Waals surface area (Å²) in [4.78, 5) is 4.55. The fourth-order valence-corrected chi connectivity index (χ4v) is 3.21. The second-order valence-corrected chi connectivity index (χ2v) is 5.91. The van der Waals surface area contributed by atoms with Gasteiger partial charge in [-0.05, 0) is 24.0 Å². The topological polar surface area (TPSA) is 60.2 Å². The number of para-hydroxylation sites is 1. The Kier molecular flexibility index (Phi) is 3.35. The molecule has 0 spiro atoms. The predicted octanol–water partition coefficient (Wildman–Crippen LogP) is 2.40. The Bertz CT molecular complexity index is 619. The molecule has 2 aromatic rings. The van der Waals surface area contributed by atoms with Crippen molar-refractivity contribution in [1.29, 1.82) is 0 Å². The molecule has 110 valence electrons. The van der Waals surface area contributed by atoms with Crippen LogP contribution >= 0.6 is 0 Å². The van der Waals surface area contributed by atoms with Gasteiger partial charge in [0.05, 0.1) is 0 Å². The van der Waals surface area contributed by atoms with Crippen LogP contribution in [-0.2, 0) is 17.6 Å². The van der Waals surface area contributed by atoms with E-state index in [1.807, 2.05) is 0 Å². The third kappa shape index (κ3) is 2.65. The number of hydrogen-bond acceptors (Lipinski definition) is 5. The Morgan fingerprint density at radius 2 is 2.19 bits per heavy atom. The third-order valence-corrected chi connectivity index (χ3v) is 4.37. The van der Waals surface area contributed by atoms with Gasteiger partial charge in [-0.2, -0.15) is 4.98 Å². The van der Waals surface area contributed by atoms with E-state index in [0.717, 1.165) is 50.7 Å². The van der Waals surface area contributed by atoms with Crippen molar-refractivity contribution in [3.05, 3.63) is 41.5 Å². The van der Waals surface area contributed by atoms with Crippen LogP contribution < -0.4 is 5.32 Å². The highest BCUT2D eigenvalue weighted by Gasteiger charge is 2.25. The Labute approximate surface area is 123 Å². The summed E-state index contributed by atoms with van der Waals surface area (Å²) in [5.41, 5.74) is 2.58. The van der Waals surface area contributed by atoms with Gasteiger partial charge < -0.3 is 14.6 Å². The molecule has 2 unspecified atom stereocenters.